The third-order valence-corrected chi connectivity index (χ3v) is 2.61. The van der Waals surface area contributed by atoms with Crippen molar-refractivity contribution in [2.45, 2.75) is 44.4 Å². The first-order valence-electron chi connectivity index (χ1n) is 4.29. The molecule has 0 radical (unpaired) electrons. The van der Waals surface area contributed by atoms with Crippen LogP contribution in [0.1, 0.15) is 26.2 Å². The average Bonchev–Trinajstić information content (AvgIpc) is 2.26. The predicted octanol–water partition coefficient (Wildman–Crippen LogP) is 0.916. The summed E-state index contributed by atoms with van der Waals surface area (Å²) in [6.45, 7) is 3.36. The molecule has 2 fully saturated rings. The van der Waals surface area contributed by atoms with Crippen LogP contribution >= 0.6 is 0 Å². The SMILES string of the molecule is CCC1OC2CCNC1C2. The highest BCUT2D eigenvalue weighted by atomic mass is 16.5. The van der Waals surface area contributed by atoms with Gasteiger partial charge >= 0.3 is 0 Å². The molecule has 2 nitrogen and oxygen atoms in total. The van der Waals surface area contributed by atoms with Gasteiger partial charge < -0.3 is 10.1 Å². The van der Waals surface area contributed by atoms with Gasteiger partial charge in [-0.05, 0) is 25.8 Å². The summed E-state index contributed by atoms with van der Waals surface area (Å²) in [6.07, 6.45) is 4.71. The molecule has 0 spiro atoms. The van der Waals surface area contributed by atoms with Gasteiger partial charge in [-0.25, -0.2) is 0 Å². The largest absolute Gasteiger partial charge is 0.373 e. The first-order valence-corrected chi connectivity index (χ1v) is 4.29. The van der Waals surface area contributed by atoms with Gasteiger partial charge in [0.15, 0.2) is 0 Å². The molecule has 2 rings (SSSR count). The van der Waals surface area contributed by atoms with Crippen LogP contribution in [0.5, 0.6) is 0 Å². The van der Waals surface area contributed by atoms with Crippen LogP contribution < -0.4 is 5.32 Å². The van der Waals surface area contributed by atoms with E-state index in [1.165, 1.54) is 12.8 Å². The molecule has 0 amide bonds. The molecule has 0 aliphatic carbocycles. The minimum atomic E-state index is 0.507. The van der Waals surface area contributed by atoms with Crippen molar-refractivity contribution in [3.05, 3.63) is 0 Å². The third-order valence-electron chi connectivity index (χ3n) is 2.61. The lowest BCUT2D eigenvalue weighted by Gasteiger charge is -2.18. The van der Waals surface area contributed by atoms with E-state index in [1.54, 1.807) is 0 Å². The molecule has 2 aliphatic heterocycles. The highest BCUT2D eigenvalue weighted by Crippen LogP contribution is 2.27. The number of hydrogen-bond donors (Lipinski definition) is 1. The van der Waals surface area contributed by atoms with Crippen LogP contribution in [0.4, 0.5) is 0 Å². The van der Waals surface area contributed by atoms with Crippen LogP contribution in [0.25, 0.3) is 0 Å². The fraction of sp³-hybridized carbons (Fsp3) is 1.00. The minimum Gasteiger partial charge on any atom is -0.373 e. The summed E-state index contributed by atoms with van der Waals surface area (Å²) < 4.78 is 5.77. The zero-order valence-corrected chi connectivity index (χ0v) is 6.47. The summed E-state index contributed by atoms with van der Waals surface area (Å²) >= 11 is 0. The molecule has 0 aromatic heterocycles. The van der Waals surface area contributed by atoms with Gasteiger partial charge in [-0.15, -0.1) is 0 Å². The third kappa shape index (κ3) is 0.956. The Morgan fingerprint density at radius 3 is 3.20 bits per heavy atom. The van der Waals surface area contributed by atoms with Crippen LogP contribution in [0, 0.1) is 0 Å². The summed E-state index contributed by atoms with van der Waals surface area (Å²) in [7, 11) is 0. The lowest BCUT2D eigenvalue weighted by Crippen LogP contribution is -2.38. The molecule has 3 unspecified atom stereocenters. The summed E-state index contributed by atoms with van der Waals surface area (Å²) in [5.41, 5.74) is 0. The minimum absolute atomic E-state index is 0.507. The standard InChI is InChI=1S/C8H15NO/c1-2-8-7-5-6(10-8)3-4-9-7/h6-9H,2-5H2,1H3. The molecule has 2 saturated heterocycles. The van der Waals surface area contributed by atoms with Crippen molar-refractivity contribution < 1.29 is 4.74 Å². The Kier molecular flexibility index (Phi) is 1.66. The van der Waals surface area contributed by atoms with Crippen molar-refractivity contribution >= 4 is 0 Å². The van der Waals surface area contributed by atoms with Gasteiger partial charge in [-0.2, -0.15) is 0 Å². The maximum Gasteiger partial charge on any atom is 0.0730 e. The zero-order valence-electron chi connectivity index (χ0n) is 6.47. The second-order valence-corrected chi connectivity index (χ2v) is 3.29. The quantitative estimate of drug-likeness (QED) is 0.586. The van der Waals surface area contributed by atoms with Crippen molar-refractivity contribution in [1.29, 1.82) is 0 Å². The van der Waals surface area contributed by atoms with E-state index in [0.717, 1.165) is 13.0 Å². The van der Waals surface area contributed by atoms with E-state index in [9.17, 15) is 0 Å². The Labute approximate surface area is 61.9 Å². The molecule has 10 heavy (non-hydrogen) atoms. The maximum atomic E-state index is 5.77. The molecule has 2 heteroatoms. The summed E-state index contributed by atoms with van der Waals surface area (Å²) in [5, 5.41) is 3.49. The first-order chi connectivity index (χ1) is 4.90. The monoisotopic (exact) mass is 141 g/mol. The first kappa shape index (κ1) is 6.62. The Morgan fingerprint density at radius 2 is 2.50 bits per heavy atom. The molecule has 0 aromatic rings. The van der Waals surface area contributed by atoms with Gasteiger partial charge in [0.2, 0.25) is 0 Å². The molecule has 0 aromatic carbocycles. The normalized spacial score (nSPS) is 45.9. The fourth-order valence-electron chi connectivity index (χ4n) is 2.04. The smallest absolute Gasteiger partial charge is 0.0730 e. The Balaban J connectivity index is 2.01. The highest BCUT2D eigenvalue weighted by molar-refractivity contribution is 4.91. The second kappa shape index (κ2) is 2.51. The van der Waals surface area contributed by atoms with Gasteiger partial charge in [-0.1, -0.05) is 6.92 Å². The average molecular weight is 141 g/mol. The Bertz CT molecular complexity index is 126. The van der Waals surface area contributed by atoms with Crippen LogP contribution in [0.3, 0.4) is 0 Å². The maximum absolute atomic E-state index is 5.77. The Morgan fingerprint density at radius 1 is 1.60 bits per heavy atom. The molecule has 3 atom stereocenters. The van der Waals surface area contributed by atoms with Crippen molar-refractivity contribution in [1.82, 2.24) is 5.32 Å². The number of ether oxygens (including phenoxy) is 1. The van der Waals surface area contributed by atoms with Gasteiger partial charge in [0.05, 0.1) is 12.2 Å². The van der Waals surface area contributed by atoms with Crippen molar-refractivity contribution in [2.24, 2.45) is 0 Å². The zero-order chi connectivity index (χ0) is 6.97. The summed E-state index contributed by atoms with van der Waals surface area (Å²) in [5.74, 6) is 0. The van der Waals surface area contributed by atoms with Crippen molar-refractivity contribution in [3.63, 3.8) is 0 Å². The lowest BCUT2D eigenvalue weighted by molar-refractivity contribution is 0.0447. The number of piperidine rings is 1. The molecule has 58 valence electrons. The van der Waals surface area contributed by atoms with Crippen LogP contribution in [-0.2, 0) is 4.74 Å². The van der Waals surface area contributed by atoms with Gasteiger partial charge in [0, 0.05) is 6.04 Å². The molecule has 2 bridgehead atoms. The number of nitrogens with one attached hydrogen (secondary N) is 1. The molecule has 1 N–H and O–H groups in total. The summed E-state index contributed by atoms with van der Waals surface area (Å²) in [6, 6.07) is 0.670. The van der Waals surface area contributed by atoms with E-state index in [-0.39, 0.29) is 0 Å². The van der Waals surface area contributed by atoms with Gasteiger partial charge in [0.1, 0.15) is 0 Å². The van der Waals surface area contributed by atoms with Crippen LogP contribution in [-0.4, -0.2) is 24.8 Å². The lowest BCUT2D eigenvalue weighted by atomic mass is 10.0. The number of rotatable bonds is 1. The highest BCUT2D eigenvalue weighted by Gasteiger charge is 2.36. The van der Waals surface area contributed by atoms with E-state index < -0.39 is 0 Å². The van der Waals surface area contributed by atoms with Gasteiger partial charge in [-0.3, -0.25) is 0 Å². The molecular formula is C8H15NO. The van der Waals surface area contributed by atoms with E-state index in [1.807, 2.05) is 0 Å². The van der Waals surface area contributed by atoms with Crippen molar-refractivity contribution in [3.8, 4) is 0 Å². The molecule has 2 heterocycles. The number of hydrogen-bond acceptors (Lipinski definition) is 2. The fourth-order valence-corrected chi connectivity index (χ4v) is 2.04. The molecule has 0 saturated carbocycles. The van der Waals surface area contributed by atoms with E-state index >= 15 is 0 Å². The predicted molar refractivity (Wildman–Crippen MR) is 40.0 cm³/mol. The van der Waals surface area contributed by atoms with Crippen LogP contribution in [0.2, 0.25) is 0 Å². The second-order valence-electron chi connectivity index (χ2n) is 3.29. The molecular weight excluding hydrogens is 126 g/mol. The number of fused-ring (bicyclic) bond motifs is 2. The van der Waals surface area contributed by atoms with E-state index in [0.29, 0.717) is 18.2 Å². The van der Waals surface area contributed by atoms with Crippen molar-refractivity contribution in [2.75, 3.05) is 6.54 Å². The van der Waals surface area contributed by atoms with Gasteiger partial charge in [0.25, 0.3) is 0 Å². The molecule has 2 aliphatic rings. The Hall–Kier alpha value is -0.0800. The summed E-state index contributed by atoms with van der Waals surface area (Å²) in [4.78, 5) is 0. The topological polar surface area (TPSA) is 21.3 Å². The van der Waals surface area contributed by atoms with Crippen LogP contribution in [0.15, 0.2) is 0 Å². The van der Waals surface area contributed by atoms with E-state index in [4.69, 9.17) is 4.74 Å². The van der Waals surface area contributed by atoms with E-state index in [2.05, 4.69) is 12.2 Å².